The van der Waals surface area contributed by atoms with Crippen LogP contribution in [0, 0.1) is 0 Å². The summed E-state index contributed by atoms with van der Waals surface area (Å²) in [5, 5.41) is 0. The van der Waals surface area contributed by atoms with Crippen LogP contribution < -0.4 is 0 Å². The molecule has 170 valence electrons. The summed E-state index contributed by atoms with van der Waals surface area (Å²) in [7, 11) is 11.4. The molecule has 0 aliphatic carbocycles. The Bertz CT molecular complexity index is 269. The summed E-state index contributed by atoms with van der Waals surface area (Å²) in [6.45, 7) is 0. The van der Waals surface area contributed by atoms with Crippen LogP contribution in [0.15, 0.2) is 0 Å². The van der Waals surface area contributed by atoms with Crippen LogP contribution in [0.1, 0.15) is 51.4 Å². The van der Waals surface area contributed by atoms with Crippen molar-refractivity contribution in [1.29, 1.82) is 0 Å². The molecular weight excluding hydrogens is 425 g/mol. The predicted molar refractivity (Wildman–Crippen MR) is 134 cm³/mol. The number of methoxy groups -OCH3 is 4. The van der Waals surface area contributed by atoms with Gasteiger partial charge in [-0.25, -0.2) is 0 Å². The molecule has 0 aliphatic heterocycles. The molecule has 0 rings (SSSR count). The third-order valence-electron chi connectivity index (χ3n) is 4.97. The van der Waals surface area contributed by atoms with Gasteiger partial charge in [0.15, 0.2) is 12.6 Å². The molecule has 0 aromatic carbocycles. The molecule has 0 heterocycles. The maximum Gasteiger partial charge on any atom is 0.156 e. The van der Waals surface area contributed by atoms with E-state index in [9.17, 15) is 0 Å². The van der Waals surface area contributed by atoms with Gasteiger partial charge >= 0.3 is 0 Å². The minimum atomic E-state index is 0.00863. The topological polar surface area (TPSA) is 36.9 Å². The van der Waals surface area contributed by atoms with Crippen molar-refractivity contribution in [2.45, 2.75) is 88.1 Å². The molecule has 28 heavy (non-hydrogen) atoms. The van der Waals surface area contributed by atoms with E-state index in [0.29, 0.717) is 0 Å². The number of hydrogen-bond acceptors (Lipinski definition) is 6. The van der Waals surface area contributed by atoms with Crippen molar-refractivity contribution >= 4 is 40.6 Å². The number of ether oxygens (including phenoxy) is 4. The molecule has 0 atom stereocenters. The predicted octanol–water partition coefficient (Wildman–Crippen LogP) is 4.74. The van der Waals surface area contributed by atoms with Crippen LogP contribution in [0.3, 0.4) is 0 Å². The van der Waals surface area contributed by atoms with Crippen molar-refractivity contribution in [3.63, 3.8) is 0 Å². The van der Waals surface area contributed by atoms with Gasteiger partial charge in [0.05, 0.1) is 0 Å². The zero-order chi connectivity index (χ0) is 20.7. The van der Waals surface area contributed by atoms with Crippen LogP contribution in [-0.2, 0) is 18.9 Å². The third-order valence-corrected chi connectivity index (χ3v) is 11.5. The molecule has 0 radical (unpaired) electrons. The third kappa shape index (κ3) is 20.3. The van der Waals surface area contributed by atoms with Gasteiger partial charge in [-0.3, -0.25) is 0 Å². The molecule has 0 spiro atoms. The first kappa shape index (κ1) is 29.0. The Kier molecular flexibility index (Phi) is 25.1. The van der Waals surface area contributed by atoms with E-state index in [1.807, 2.05) is 0 Å². The van der Waals surface area contributed by atoms with Gasteiger partial charge in [-0.15, -0.1) is 0 Å². The molecule has 0 bridgehead atoms. The van der Waals surface area contributed by atoms with E-state index in [0.717, 1.165) is 12.8 Å². The zero-order valence-corrected chi connectivity index (χ0v) is 23.4. The highest BCUT2D eigenvalue weighted by atomic mass is 33.1. The molecule has 0 saturated heterocycles. The fraction of sp³-hybridized carbons (Fsp3) is 1.00. The largest absolute Gasteiger partial charge is 0.356 e. The van der Waals surface area contributed by atoms with Crippen LogP contribution in [0.5, 0.6) is 0 Å². The summed E-state index contributed by atoms with van der Waals surface area (Å²) in [5.41, 5.74) is 0. The minimum absolute atomic E-state index is 0.00863. The summed E-state index contributed by atoms with van der Waals surface area (Å²) < 4.78 is 20.9. The standard InChI is InChI=1S/C20H46O4S2Si2/c1-21-19(22-2)11-9-17-27-15-7-5-13-25-26-14-6-8-16-28-18-10-12-20(23-3)24-4/h19-20H,5-18,27-28H2,1-4H3. The fourth-order valence-corrected chi connectivity index (χ4v) is 8.84. The fourth-order valence-electron chi connectivity index (χ4n) is 3.14. The molecule has 0 saturated carbocycles. The van der Waals surface area contributed by atoms with Crippen molar-refractivity contribution in [1.82, 2.24) is 0 Å². The van der Waals surface area contributed by atoms with Crippen molar-refractivity contribution in [3.8, 4) is 0 Å². The lowest BCUT2D eigenvalue weighted by atomic mass is 10.3. The van der Waals surface area contributed by atoms with Crippen molar-refractivity contribution < 1.29 is 18.9 Å². The highest BCUT2D eigenvalue weighted by Gasteiger charge is 2.04. The summed E-state index contributed by atoms with van der Waals surface area (Å²) in [5.74, 6) is 2.67. The van der Waals surface area contributed by atoms with Gasteiger partial charge in [0.2, 0.25) is 0 Å². The van der Waals surface area contributed by atoms with Crippen LogP contribution >= 0.6 is 21.6 Å². The highest BCUT2D eigenvalue weighted by molar-refractivity contribution is 8.76. The van der Waals surface area contributed by atoms with E-state index in [-0.39, 0.29) is 31.6 Å². The molecule has 0 aromatic rings. The van der Waals surface area contributed by atoms with E-state index in [1.54, 1.807) is 28.4 Å². The molecule has 0 N–H and O–H groups in total. The summed E-state index contributed by atoms with van der Waals surface area (Å²) in [6.07, 6.45) is 10.4. The van der Waals surface area contributed by atoms with Gasteiger partial charge in [0.1, 0.15) is 0 Å². The summed E-state index contributed by atoms with van der Waals surface area (Å²) in [6, 6.07) is 5.90. The Morgan fingerprint density at radius 3 is 1.25 bits per heavy atom. The van der Waals surface area contributed by atoms with E-state index in [4.69, 9.17) is 18.9 Å². The Labute approximate surface area is 187 Å². The van der Waals surface area contributed by atoms with Crippen LogP contribution in [0.25, 0.3) is 0 Å². The van der Waals surface area contributed by atoms with Gasteiger partial charge in [0, 0.05) is 59.0 Å². The SMILES string of the molecule is COC(CCC[SiH2]CCCCSSCCCC[SiH2]CCCC(OC)OC)OC. The Morgan fingerprint density at radius 1 is 0.536 bits per heavy atom. The van der Waals surface area contributed by atoms with Crippen LogP contribution in [-0.4, -0.2) is 71.6 Å². The van der Waals surface area contributed by atoms with E-state index >= 15 is 0 Å². The maximum atomic E-state index is 5.23. The first-order valence-corrected chi connectivity index (χ1v) is 17.6. The number of hydrogen-bond donors (Lipinski definition) is 0. The average molecular weight is 471 g/mol. The van der Waals surface area contributed by atoms with Crippen LogP contribution in [0.2, 0.25) is 24.2 Å². The maximum absolute atomic E-state index is 5.23. The lowest BCUT2D eigenvalue weighted by molar-refractivity contribution is -0.106. The minimum Gasteiger partial charge on any atom is -0.356 e. The van der Waals surface area contributed by atoms with Gasteiger partial charge < -0.3 is 18.9 Å². The first-order chi connectivity index (χ1) is 13.8. The van der Waals surface area contributed by atoms with Gasteiger partial charge in [0.25, 0.3) is 0 Å². The van der Waals surface area contributed by atoms with Gasteiger partial charge in [-0.1, -0.05) is 71.4 Å². The van der Waals surface area contributed by atoms with Gasteiger partial charge in [-0.05, 0) is 25.7 Å². The number of unbranched alkanes of at least 4 members (excludes halogenated alkanes) is 2. The van der Waals surface area contributed by atoms with Crippen LogP contribution in [0.4, 0.5) is 0 Å². The summed E-state index contributed by atoms with van der Waals surface area (Å²) in [4.78, 5) is 0. The molecule has 0 fully saturated rings. The van der Waals surface area contributed by atoms with Gasteiger partial charge in [-0.2, -0.15) is 0 Å². The summed E-state index contributed by atoms with van der Waals surface area (Å²) >= 11 is 0. The zero-order valence-electron chi connectivity index (χ0n) is 18.9. The Hall–Kier alpha value is 0.974. The molecular formula is C20H46O4S2Si2. The van der Waals surface area contributed by atoms with E-state index in [1.165, 1.54) is 74.2 Å². The number of rotatable bonds is 23. The molecule has 0 amide bonds. The Balaban J connectivity index is 3.10. The normalized spacial score (nSPS) is 12.6. The second-order valence-corrected chi connectivity index (χ2v) is 14.2. The smallest absolute Gasteiger partial charge is 0.156 e. The molecule has 0 unspecified atom stereocenters. The molecule has 0 aliphatic rings. The first-order valence-electron chi connectivity index (χ1n) is 11.1. The van der Waals surface area contributed by atoms with Crippen molar-refractivity contribution in [2.24, 2.45) is 0 Å². The van der Waals surface area contributed by atoms with Crippen molar-refractivity contribution in [2.75, 3.05) is 39.9 Å². The quantitative estimate of drug-likeness (QED) is 0.0929. The molecule has 8 heteroatoms. The second kappa shape index (κ2) is 24.2. The average Bonchev–Trinajstić information content (AvgIpc) is 2.72. The lowest BCUT2D eigenvalue weighted by Gasteiger charge is -2.12. The molecule has 0 aromatic heterocycles. The lowest BCUT2D eigenvalue weighted by Crippen LogP contribution is -2.12. The highest BCUT2D eigenvalue weighted by Crippen LogP contribution is 2.24. The monoisotopic (exact) mass is 470 g/mol. The van der Waals surface area contributed by atoms with E-state index in [2.05, 4.69) is 21.6 Å². The van der Waals surface area contributed by atoms with E-state index < -0.39 is 0 Å². The molecule has 4 nitrogen and oxygen atoms in total. The van der Waals surface area contributed by atoms with Crippen molar-refractivity contribution in [3.05, 3.63) is 0 Å². The Morgan fingerprint density at radius 2 is 0.893 bits per heavy atom. The second-order valence-electron chi connectivity index (χ2n) is 7.27.